The molecule has 134 valence electrons. The predicted octanol–water partition coefficient (Wildman–Crippen LogP) is 2.34. The Morgan fingerprint density at radius 2 is 1.60 bits per heavy atom. The van der Waals surface area contributed by atoms with Gasteiger partial charge in [-0.25, -0.2) is 8.42 Å². The highest BCUT2D eigenvalue weighted by molar-refractivity contribution is 7.88. The number of hydrogen-bond donors (Lipinski definition) is 0. The third kappa shape index (κ3) is 4.81. The van der Waals surface area contributed by atoms with Crippen LogP contribution in [0.5, 0.6) is 5.75 Å². The van der Waals surface area contributed by atoms with Crippen molar-refractivity contribution in [2.45, 2.75) is 12.3 Å². The van der Waals surface area contributed by atoms with Crippen LogP contribution < -0.4 is 4.74 Å². The lowest BCUT2D eigenvalue weighted by atomic mass is 10.2. The molecule has 0 N–H and O–H groups in total. The SMILES string of the molecule is COc1cccc(CN2CCN(S(=O)(=O)Cc3ccccc3)CC2)c1. The maximum atomic E-state index is 12.6. The summed E-state index contributed by atoms with van der Waals surface area (Å²) in [5.74, 6) is 0.922. The summed E-state index contributed by atoms with van der Waals surface area (Å²) in [6.07, 6.45) is 0. The fraction of sp³-hybridized carbons (Fsp3) is 0.368. The van der Waals surface area contributed by atoms with Crippen molar-refractivity contribution in [3.8, 4) is 5.75 Å². The molecule has 0 radical (unpaired) electrons. The zero-order chi connectivity index (χ0) is 17.7. The van der Waals surface area contributed by atoms with Crippen LogP contribution in [0.25, 0.3) is 0 Å². The van der Waals surface area contributed by atoms with Gasteiger partial charge in [0.05, 0.1) is 12.9 Å². The Labute approximate surface area is 149 Å². The van der Waals surface area contributed by atoms with Gasteiger partial charge in [0.2, 0.25) is 10.0 Å². The molecule has 0 saturated carbocycles. The molecule has 2 aromatic carbocycles. The molecule has 0 amide bonds. The second-order valence-corrected chi connectivity index (χ2v) is 8.24. The van der Waals surface area contributed by atoms with Crippen molar-refractivity contribution in [3.05, 3.63) is 65.7 Å². The number of benzene rings is 2. The molecule has 1 saturated heterocycles. The first-order valence-corrected chi connectivity index (χ1v) is 10.0. The first kappa shape index (κ1) is 17.9. The summed E-state index contributed by atoms with van der Waals surface area (Å²) in [4.78, 5) is 2.28. The van der Waals surface area contributed by atoms with Gasteiger partial charge < -0.3 is 4.74 Å². The maximum Gasteiger partial charge on any atom is 0.218 e. The normalized spacial score (nSPS) is 16.7. The van der Waals surface area contributed by atoms with Crippen LogP contribution in [0.3, 0.4) is 0 Å². The topological polar surface area (TPSA) is 49.9 Å². The summed E-state index contributed by atoms with van der Waals surface area (Å²) in [5, 5.41) is 0. The van der Waals surface area contributed by atoms with E-state index in [4.69, 9.17) is 4.74 Å². The van der Waals surface area contributed by atoms with Gasteiger partial charge in [-0.3, -0.25) is 4.90 Å². The van der Waals surface area contributed by atoms with Gasteiger partial charge in [-0.2, -0.15) is 4.31 Å². The Hall–Kier alpha value is -1.89. The average Bonchev–Trinajstić information content (AvgIpc) is 2.63. The second-order valence-electron chi connectivity index (χ2n) is 6.27. The Balaban J connectivity index is 1.56. The molecule has 1 heterocycles. The number of nitrogens with zero attached hydrogens (tertiary/aromatic N) is 2. The van der Waals surface area contributed by atoms with E-state index in [2.05, 4.69) is 11.0 Å². The third-order valence-electron chi connectivity index (χ3n) is 4.46. The van der Waals surface area contributed by atoms with Gasteiger partial charge >= 0.3 is 0 Å². The van der Waals surface area contributed by atoms with Crippen molar-refractivity contribution in [1.82, 2.24) is 9.21 Å². The molecule has 0 aromatic heterocycles. The first-order valence-electron chi connectivity index (χ1n) is 8.44. The summed E-state index contributed by atoms with van der Waals surface area (Å²) >= 11 is 0. The van der Waals surface area contributed by atoms with Crippen molar-refractivity contribution in [1.29, 1.82) is 0 Å². The number of hydrogen-bond acceptors (Lipinski definition) is 4. The molecule has 3 rings (SSSR count). The number of methoxy groups -OCH3 is 1. The van der Waals surface area contributed by atoms with Crippen LogP contribution in [0.15, 0.2) is 54.6 Å². The van der Waals surface area contributed by atoms with Crippen LogP contribution in [-0.4, -0.2) is 50.9 Å². The van der Waals surface area contributed by atoms with E-state index < -0.39 is 10.0 Å². The fourth-order valence-electron chi connectivity index (χ4n) is 3.07. The van der Waals surface area contributed by atoms with Crippen LogP contribution in [-0.2, 0) is 22.3 Å². The lowest BCUT2D eigenvalue weighted by Crippen LogP contribution is -2.48. The van der Waals surface area contributed by atoms with E-state index in [1.807, 2.05) is 48.5 Å². The first-order chi connectivity index (χ1) is 12.1. The number of ether oxygens (including phenoxy) is 1. The van der Waals surface area contributed by atoms with Gasteiger partial charge in [0, 0.05) is 32.7 Å². The molecule has 2 aromatic rings. The number of piperazine rings is 1. The molecule has 0 spiro atoms. The van der Waals surface area contributed by atoms with E-state index in [9.17, 15) is 8.42 Å². The molecule has 5 nitrogen and oxygen atoms in total. The molecule has 0 unspecified atom stereocenters. The summed E-state index contributed by atoms with van der Waals surface area (Å²) < 4.78 is 32.1. The lowest BCUT2D eigenvalue weighted by molar-refractivity contribution is 0.181. The van der Waals surface area contributed by atoms with E-state index in [0.717, 1.165) is 30.9 Å². The minimum absolute atomic E-state index is 0.0731. The van der Waals surface area contributed by atoms with E-state index in [0.29, 0.717) is 13.1 Å². The zero-order valence-corrected chi connectivity index (χ0v) is 15.3. The minimum atomic E-state index is -3.26. The largest absolute Gasteiger partial charge is 0.497 e. The molecule has 25 heavy (non-hydrogen) atoms. The summed E-state index contributed by atoms with van der Waals surface area (Å²) in [5.41, 5.74) is 2.02. The molecular weight excluding hydrogens is 336 g/mol. The molecule has 1 aliphatic heterocycles. The van der Waals surface area contributed by atoms with Crippen LogP contribution in [0.4, 0.5) is 0 Å². The van der Waals surface area contributed by atoms with E-state index in [1.165, 1.54) is 5.56 Å². The lowest BCUT2D eigenvalue weighted by Gasteiger charge is -2.34. The Morgan fingerprint density at radius 1 is 0.920 bits per heavy atom. The van der Waals surface area contributed by atoms with Gasteiger partial charge in [-0.05, 0) is 23.3 Å². The van der Waals surface area contributed by atoms with Gasteiger partial charge in [-0.15, -0.1) is 0 Å². The number of rotatable bonds is 6. The zero-order valence-electron chi connectivity index (χ0n) is 14.5. The van der Waals surface area contributed by atoms with E-state index in [1.54, 1.807) is 11.4 Å². The van der Waals surface area contributed by atoms with Crippen LogP contribution >= 0.6 is 0 Å². The van der Waals surface area contributed by atoms with Crippen molar-refractivity contribution < 1.29 is 13.2 Å². The number of sulfonamides is 1. The van der Waals surface area contributed by atoms with Crippen LogP contribution in [0, 0.1) is 0 Å². The second kappa shape index (κ2) is 7.99. The van der Waals surface area contributed by atoms with E-state index >= 15 is 0 Å². The quantitative estimate of drug-likeness (QED) is 0.793. The van der Waals surface area contributed by atoms with Gasteiger partial charge in [0.25, 0.3) is 0 Å². The Bertz CT molecular complexity index is 785. The Kier molecular flexibility index (Phi) is 5.73. The average molecular weight is 360 g/mol. The molecule has 0 bridgehead atoms. The van der Waals surface area contributed by atoms with Crippen molar-refractivity contribution >= 4 is 10.0 Å². The smallest absolute Gasteiger partial charge is 0.218 e. The summed E-state index contributed by atoms with van der Waals surface area (Å²) in [6.45, 7) is 3.37. The standard InChI is InChI=1S/C19H24N2O3S/c1-24-19-9-5-8-18(14-19)15-20-10-12-21(13-11-20)25(22,23)16-17-6-3-2-4-7-17/h2-9,14H,10-13,15-16H2,1H3. The van der Waals surface area contributed by atoms with Crippen LogP contribution in [0.1, 0.15) is 11.1 Å². The molecule has 6 heteroatoms. The molecule has 1 aliphatic rings. The molecule has 1 fully saturated rings. The highest BCUT2D eigenvalue weighted by atomic mass is 32.2. The van der Waals surface area contributed by atoms with Crippen LogP contribution in [0.2, 0.25) is 0 Å². The third-order valence-corrected chi connectivity index (χ3v) is 6.31. The molecular formula is C19H24N2O3S. The highest BCUT2D eigenvalue weighted by Crippen LogP contribution is 2.17. The highest BCUT2D eigenvalue weighted by Gasteiger charge is 2.27. The monoisotopic (exact) mass is 360 g/mol. The molecule has 0 aliphatic carbocycles. The van der Waals surface area contributed by atoms with Gasteiger partial charge in [0.1, 0.15) is 5.75 Å². The molecule has 0 atom stereocenters. The Morgan fingerprint density at radius 3 is 2.28 bits per heavy atom. The van der Waals surface area contributed by atoms with Gasteiger partial charge in [0.15, 0.2) is 0 Å². The van der Waals surface area contributed by atoms with Crippen molar-refractivity contribution in [3.63, 3.8) is 0 Å². The summed E-state index contributed by atoms with van der Waals surface area (Å²) in [7, 11) is -1.59. The predicted molar refractivity (Wildman–Crippen MR) is 98.9 cm³/mol. The maximum absolute atomic E-state index is 12.6. The van der Waals surface area contributed by atoms with Crippen molar-refractivity contribution in [2.24, 2.45) is 0 Å². The minimum Gasteiger partial charge on any atom is -0.497 e. The van der Waals surface area contributed by atoms with Gasteiger partial charge in [-0.1, -0.05) is 42.5 Å². The van der Waals surface area contributed by atoms with E-state index in [-0.39, 0.29) is 5.75 Å². The summed E-state index contributed by atoms with van der Waals surface area (Å²) in [6, 6.07) is 17.4. The fourth-order valence-corrected chi connectivity index (χ4v) is 4.59. The van der Waals surface area contributed by atoms with Crippen molar-refractivity contribution in [2.75, 3.05) is 33.3 Å².